The predicted molar refractivity (Wildman–Crippen MR) is 81.9 cm³/mol. The highest BCUT2D eigenvalue weighted by molar-refractivity contribution is 5.40. The van der Waals surface area contributed by atoms with Crippen LogP contribution in [-0.2, 0) is 6.61 Å². The van der Waals surface area contributed by atoms with Crippen molar-refractivity contribution in [3.8, 4) is 11.7 Å². The van der Waals surface area contributed by atoms with E-state index in [2.05, 4.69) is 15.3 Å². The first kappa shape index (κ1) is 13.9. The number of aromatic nitrogens is 4. The molecule has 3 N–H and O–H groups in total. The van der Waals surface area contributed by atoms with Gasteiger partial charge in [0.1, 0.15) is 6.61 Å². The third-order valence-corrected chi connectivity index (χ3v) is 3.04. The zero-order valence-corrected chi connectivity index (χ0v) is 12.0. The SMILES string of the molecule is Cc1cc(=O)n(-c2ccc(OCc3cccc(N)c3)nn2)[nH]1. The van der Waals surface area contributed by atoms with Gasteiger partial charge in [0, 0.05) is 23.5 Å². The smallest absolute Gasteiger partial charge is 0.272 e. The van der Waals surface area contributed by atoms with Crippen LogP contribution in [0.5, 0.6) is 5.88 Å². The van der Waals surface area contributed by atoms with E-state index in [0.717, 1.165) is 11.3 Å². The fourth-order valence-corrected chi connectivity index (χ4v) is 2.03. The monoisotopic (exact) mass is 297 g/mol. The Morgan fingerprint density at radius 3 is 2.73 bits per heavy atom. The van der Waals surface area contributed by atoms with Gasteiger partial charge in [0.15, 0.2) is 5.82 Å². The van der Waals surface area contributed by atoms with Crippen LogP contribution in [0.1, 0.15) is 11.3 Å². The third kappa shape index (κ3) is 2.98. The van der Waals surface area contributed by atoms with E-state index < -0.39 is 0 Å². The number of rotatable bonds is 4. The van der Waals surface area contributed by atoms with Gasteiger partial charge >= 0.3 is 0 Å². The topological polar surface area (TPSA) is 98.8 Å². The fourth-order valence-electron chi connectivity index (χ4n) is 2.03. The molecule has 0 unspecified atom stereocenters. The summed E-state index contributed by atoms with van der Waals surface area (Å²) in [6.07, 6.45) is 0. The van der Waals surface area contributed by atoms with E-state index in [4.69, 9.17) is 10.5 Å². The summed E-state index contributed by atoms with van der Waals surface area (Å²) in [5.41, 5.74) is 7.92. The van der Waals surface area contributed by atoms with Gasteiger partial charge in [0.25, 0.3) is 5.56 Å². The number of nitrogen functional groups attached to an aromatic ring is 1. The average Bonchev–Trinajstić information content (AvgIpc) is 2.84. The fraction of sp³-hybridized carbons (Fsp3) is 0.133. The number of hydrogen-bond acceptors (Lipinski definition) is 5. The summed E-state index contributed by atoms with van der Waals surface area (Å²) in [5.74, 6) is 0.789. The first-order valence-electron chi connectivity index (χ1n) is 6.72. The number of aryl methyl sites for hydroxylation is 1. The summed E-state index contributed by atoms with van der Waals surface area (Å²) in [7, 11) is 0. The van der Waals surface area contributed by atoms with E-state index in [1.807, 2.05) is 24.3 Å². The molecule has 0 aliphatic heterocycles. The van der Waals surface area contributed by atoms with Crippen molar-refractivity contribution in [2.24, 2.45) is 0 Å². The highest BCUT2D eigenvalue weighted by atomic mass is 16.5. The number of ether oxygens (including phenoxy) is 1. The first-order chi connectivity index (χ1) is 10.6. The molecular weight excluding hydrogens is 282 g/mol. The van der Waals surface area contributed by atoms with Crippen LogP contribution in [0, 0.1) is 6.92 Å². The Bertz CT molecular complexity index is 836. The Hall–Kier alpha value is -3.09. The number of nitrogens with two attached hydrogens (primary N) is 1. The number of nitrogens with zero attached hydrogens (tertiary/aromatic N) is 3. The lowest BCUT2D eigenvalue weighted by Crippen LogP contribution is -2.15. The van der Waals surface area contributed by atoms with Crippen LogP contribution in [-0.4, -0.2) is 20.0 Å². The first-order valence-corrected chi connectivity index (χ1v) is 6.72. The van der Waals surface area contributed by atoms with Crippen molar-refractivity contribution in [2.75, 3.05) is 5.73 Å². The molecule has 2 aromatic heterocycles. The lowest BCUT2D eigenvalue weighted by molar-refractivity contribution is 0.290. The van der Waals surface area contributed by atoms with Crippen molar-refractivity contribution in [3.63, 3.8) is 0 Å². The second-order valence-electron chi connectivity index (χ2n) is 4.88. The summed E-state index contributed by atoms with van der Waals surface area (Å²) in [6.45, 7) is 2.15. The van der Waals surface area contributed by atoms with Gasteiger partial charge in [-0.05, 0) is 30.7 Å². The predicted octanol–water partition coefficient (Wildman–Crippen LogP) is 1.43. The number of hydrogen-bond donors (Lipinski definition) is 2. The van der Waals surface area contributed by atoms with Gasteiger partial charge in [-0.1, -0.05) is 12.1 Å². The standard InChI is InChI=1S/C15H15N5O2/c1-10-7-15(21)20(19-10)13-5-6-14(18-17-13)22-9-11-3-2-4-12(16)8-11/h2-8,19H,9,16H2,1H3. The Labute approximate surface area is 126 Å². The van der Waals surface area contributed by atoms with Gasteiger partial charge in [-0.3, -0.25) is 9.89 Å². The van der Waals surface area contributed by atoms with Crippen LogP contribution in [0.15, 0.2) is 47.3 Å². The maximum atomic E-state index is 11.7. The maximum absolute atomic E-state index is 11.7. The van der Waals surface area contributed by atoms with E-state index in [1.54, 1.807) is 19.1 Å². The molecule has 0 spiro atoms. The summed E-state index contributed by atoms with van der Waals surface area (Å²) >= 11 is 0. The molecule has 3 aromatic rings. The van der Waals surface area contributed by atoms with Gasteiger partial charge in [-0.2, -0.15) is 4.68 Å². The lowest BCUT2D eigenvalue weighted by atomic mass is 10.2. The van der Waals surface area contributed by atoms with Gasteiger partial charge in [-0.25, -0.2) is 0 Å². The summed E-state index contributed by atoms with van der Waals surface area (Å²) in [5, 5.41) is 10.8. The van der Waals surface area contributed by atoms with Crippen LogP contribution in [0.25, 0.3) is 5.82 Å². The molecule has 0 fully saturated rings. The van der Waals surface area contributed by atoms with Crippen LogP contribution in [0.3, 0.4) is 0 Å². The molecule has 0 saturated carbocycles. The molecule has 2 heterocycles. The molecule has 0 aliphatic carbocycles. The minimum Gasteiger partial charge on any atom is -0.472 e. The van der Waals surface area contributed by atoms with Crippen LogP contribution < -0.4 is 16.0 Å². The normalized spacial score (nSPS) is 10.6. The Kier molecular flexibility index (Phi) is 3.61. The van der Waals surface area contributed by atoms with E-state index in [1.165, 1.54) is 10.7 Å². The van der Waals surface area contributed by atoms with Gasteiger partial charge < -0.3 is 10.5 Å². The van der Waals surface area contributed by atoms with Crippen molar-refractivity contribution in [1.29, 1.82) is 0 Å². The number of nitrogens with one attached hydrogen (secondary N) is 1. The van der Waals surface area contributed by atoms with Crippen molar-refractivity contribution < 1.29 is 4.74 Å². The molecule has 3 rings (SSSR count). The van der Waals surface area contributed by atoms with E-state index in [0.29, 0.717) is 24.0 Å². The second-order valence-corrected chi connectivity index (χ2v) is 4.88. The van der Waals surface area contributed by atoms with E-state index in [9.17, 15) is 4.79 Å². The number of H-pyrrole nitrogens is 1. The molecule has 22 heavy (non-hydrogen) atoms. The highest BCUT2D eigenvalue weighted by Crippen LogP contribution is 2.12. The molecule has 112 valence electrons. The molecular formula is C15H15N5O2. The lowest BCUT2D eigenvalue weighted by Gasteiger charge is -2.06. The minimum absolute atomic E-state index is 0.180. The maximum Gasteiger partial charge on any atom is 0.272 e. The molecule has 0 radical (unpaired) electrons. The van der Waals surface area contributed by atoms with Crippen molar-refractivity contribution in [1.82, 2.24) is 20.0 Å². The quantitative estimate of drug-likeness (QED) is 0.710. The van der Waals surface area contributed by atoms with Crippen LogP contribution in [0.4, 0.5) is 5.69 Å². The van der Waals surface area contributed by atoms with Crippen LogP contribution >= 0.6 is 0 Å². The van der Waals surface area contributed by atoms with Crippen molar-refractivity contribution in [2.45, 2.75) is 13.5 Å². The minimum atomic E-state index is -0.180. The Morgan fingerprint density at radius 2 is 2.09 bits per heavy atom. The molecule has 0 amide bonds. The van der Waals surface area contributed by atoms with Gasteiger partial charge in [0.05, 0.1) is 0 Å². The molecule has 0 bridgehead atoms. The Morgan fingerprint density at radius 1 is 1.23 bits per heavy atom. The molecule has 7 nitrogen and oxygen atoms in total. The summed E-state index contributed by atoms with van der Waals surface area (Å²) in [4.78, 5) is 11.7. The second kappa shape index (κ2) is 5.72. The van der Waals surface area contributed by atoms with Crippen LogP contribution in [0.2, 0.25) is 0 Å². The average molecular weight is 297 g/mol. The molecule has 0 aliphatic rings. The zero-order valence-electron chi connectivity index (χ0n) is 12.0. The van der Waals surface area contributed by atoms with E-state index >= 15 is 0 Å². The van der Waals surface area contributed by atoms with Gasteiger partial charge in [0.2, 0.25) is 5.88 Å². The zero-order chi connectivity index (χ0) is 15.5. The highest BCUT2D eigenvalue weighted by Gasteiger charge is 2.05. The number of anilines is 1. The Balaban J connectivity index is 1.72. The third-order valence-electron chi connectivity index (χ3n) is 3.04. The molecule has 0 atom stereocenters. The van der Waals surface area contributed by atoms with Gasteiger partial charge in [-0.15, -0.1) is 10.2 Å². The number of aromatic amines is 1. The number of benzene rings is 1. The molecule has 7 heteroatoms. The summed E-state index contributed by atoms with van der Waals surface area (Å²) < 4.78 is 6.87. The summed E-state index contributed by atoms with van der Waals surface area (Å²) in [6, 6.07) is 12.3. The molecule has 0 saturated heterocycles. The van der Waals surface area contributed by atoms with E-state index in [-0.39, 0.29) is 5.56 Å². The molecule has 1 aromatic carbocycles. The largest absolute Gasteiger partial charge is 0.472 e. The van der Waals surface area contributed by atoms with Crippen molar-refractivity contribution in [3.05, 3.63) is 64.1 Å². The van der Waals surface area contributed by atoms with Crippen molar-refractivity contribution >= 4 is 5.69 Å².